The van der Waals surface area contributed by atoms with Gasteiger partial charge in [0.1, 0.15) is 0 Å². The Hall–Kier alpha value is -0.910. The summed E-state index contributed by atoms with van der Waals surface area (Å²) < 4.78 is 7.63. The summed E-state index contributed by atoms with van der Waals surface area (Å²) in [4.78, 5) is 5.58. The zero-order valence-electron chi connectivity index (χ0n) is 10.6. The summed E-state index contributed by atoms with van der Waals surface area (Å²) in [7, 11) is 0. The van der Waals surface area contributed by atoms with Gasteiger partial charge in [0, 0.05) is 24.7 Å². The number of nitrogens with one attached hydrogen (secondary N) is 1. The Morgan fingerprint density at radius 3 is 3.12 bits per heavy atom. The predicted molar refractivity (Wildman–Crippen MR) is 70.6 cm³/mol. The van der Waals surface area contributed by atoms with Gasteiger partial charge in [0.2, 0.25) is 0 Å². The largest absolute Gasteiger partial charge is 0.377 e. The molecule has 0 atom stereocenters. The molecule has 0 saturated heterocycles. The highest BCUT2D eigenvalue weighted by Crippen LogP contribution is 2.16. The van der Waals surface area contributed by atoms with E-state index in [1.165, 1.54) is 5.69 Å². The Morgan fingerprint density at radius 1 is 1.53 bits per heavy atom. The quantitative estimate of drug-likeness (QED) is 0.802. The van der Waals surface area contributed by atoms with Crippen molar-refractivity contribution in [1.29, 1.82) is 0 Å². The first-order valence-electron chi connectivity index (χ1n) is 5.92. The van der Waals surface area contributed by atoms with E-state index in [1.807, 2.05) is 0 Å². The average Bonchev–Trinajstić information content (AvgIpc) is 2.80. The molecule has 0 amide bonds. The van der Waals surface area contributed by atoms with Gasteiger partial charge in [-0.1, -0.05) is 0 Å². The van der Waals surface area contributed by atoms with Gasteiger partial charge in [-0.15, -0.1) is 11.3 Å². The van der Waals surface area contributed by atoms with Crippen LogP contribution in [0.25, 0.3) is 4.96 Å². The van der Waals surface area contributed by atoms with Crippen LogP contribution in [0.5, 0.6) is 0 Å². The molecule has 0 unspecified atom stereocenters. The molecule has 0 aliphatic carbocycles. The summed E-state index contributed by atoms with van der Waals surface area (Å²) in [6.45, 7) is 8.62. The van der Waals surface area contributed by atoms with Crippen molar-refractivity contribution >= 4 is 16.3 Å². The summed E-state index contributed by atoms with van der Waals surface area (Å²) >= 11 is 1.67. The first-order valence-corrected chi connectivity index (χ1v) is 6.80. The lowest BCUT2D eigenvalue weighted by molar-refractivity contribution is 0.0806. The molecule has 0 fully saturated rings. The maximum absolute atomic E-state index is 5.48. The van der Waals surface area contributed by atoms with E-state index in [0.717, 1.165) is 30.4 Å². The molecule has 4 nitrogen and oxygen atoms in total. The van der Waals surface area contributed by atoms with Gasteiger partial charge in [-0.3, -0.25) is 4.40 Å². The molecule has 17 heavy (non-hydrogen) atoms. The van der Waals surface area contributed by atoms with Gasteiger partial charge >= 0.3 is 0 Å². The van der Waals surface area contributed by atoms with Crippen molar-refractivity contribution in [1.82, 2.24) is 14.7 Å². The van der Waals surface area contributed by atoms with Gasteiger partial charge in [-0.2, -0.15) is 0 Å². The number of aryl methyl sites for hydroxylation is 1. The van der Waals surface area contributed by atoms with Crippen molar-refractivity contribution in [2.24, 2.45) is 0 Å². The van der Waals surface area contributed by atoms with Crippen molar-refractivity contribution < 1.29 is 4.74 Å². The number of imidazole rings is 1. The number of hydrogen-bond acceptors (Lipinski definition) is 4. The standard InChI is InChI=1S/C12H19N3OS/c1-9(2)16-6-4-13-8-11-10(3)14-12-15(11)5-7-17-12/h5,7,9,13H,4,6,8H2,1-3H3. The molecular weight excluding hydrogens is 234 g/mol. The van der Waals surface area contributed by atoms with Crippen LogP contribution in [-0.4, -0.2) is 28.6 Å². The van der Waals surface area contributed by atoms with Crippen LogP contribution in [0.4, 0.5) is 0 Å². The number of nitrogens with zero attached hydrogens (tertiary/aromatic N) is 2. The highest BCUT2D eigenvalue weighted by atomic mass is 32.1. The molecule has 0 spiro atoms. The van der Waals surface area contributed by atoms with Crippen LogP contribution >= 0.6 is 11.3 Å². The Bertz CT molecular complexity index is 475. The molecule has 0 aliphatic heterocycles. The van der Waals surface area contributed by atoms with E-state index in [9.17, 15) is 0 Å². The fourth-order valence-corrected chi connectivity index (χ4v) is 2.51. The fraction of sp³-hybridized carbons (Fsp3) is 0.583. The Kier molecular flexibility index (Phi) is 4.15. The second kappa shape index (κ2) is 5.62. The Labute approximate surface area is 106 Å². The number of thiazole rings is 1. The lowest BCUT2D eigenvalue weighted by Crippen LogP contribution is -2.21. The van der Waals surface area contributed by atoms with Crippen LogP contribution in [-0.2, 0) is 11.3 Å². The van der Waals surface area contributed by atoms with E-state index in [4.69, 9.17) is 4.74 Å². The number of rotatable bonds is 6. The van der Waals surface area contributed by atoms with Gasteiger partial charge in [0.25, 0.3) is 0 Å². The van der Waals surface area contributed by atoms with Crippen LogP contribution in [0.15, 0.2) is 11.6 Å². The van der Waals surface area contributed by atoms with Gasteiger partial charge < -0.3 is 10.1 Å². The van der Waals surface area contributed by atoms with E-state index in [2.05, 4.69) is 47.0 Å². The second-order valence-corrected chi connectivity index (χ2v) is 5.17. The molecule has 2 rings (SSSR count). The lowest BCUT2D eigenvalue weighted by atomic mass is 10.3. The molecule has 2 aromatic heterocycles. The fourth-order valence-electron chi connectivity index (χ4n) is 1.73. The average molecular weight is 253 g/mol. The normalized spacial score (nSPS) is 11.8. The third kappa shape index (κ3) is 3.06. The zero-order chi connectivity index (χ0) is 12.3. The van der Waals surface area contributed by atoms with Crippen molar-refractivity contribution in [3.05, 3.63) is 23.0 Å². The van der Waals surface area contributed by atoms with Crippen LogP contribution in [0.2, 0.25) is 0 Å². The topological polar surface area (TPSA) is 38.6 Å². The molecule has 0 radical (unpaired) electrons. The summed E-state index contributed by atoms with van der Waals surface area (Å²) in [6.07, 6.45) is 2.37. The minimum absolute atomic E-state index is 0.303. The molecule has 2 aromatic rings. The van der Waals surface area contributed by atoms with Gasteiger partial charge in [-0.25, -0.2) is 4.98 Å². The number of hydrogen-bond donors (Lipinski definition) is 1. The molecular formula is C12H19N3OS. The second-order valence-electron chi connectivity index (χ2n) is 4.30. The van der Waals surface area contributed by atoms with Gasteiger partial charge in [-0.05, 0) is 20.8 Å². The summed E-state index contributed by atoms with van der Waals surface area (Å²) in [5, 5.41) is 5.45. The SMILES string of the molecule is Cc1nc2sccn2c1CNCCOC(C)C. The third-order valence-electron chi connectivity index (χ3n) is 2.58. The highest BCUT2D eigenvalue weighted by Gasteiger charge is 2.08. The van der Waals surface area contributed by atoms with Crippen LogP contribution in [0, 0.1) is 6.92 Å². The maximum atomic E-state index is 5.48. The minimum atomic E-state index is 0.303. The van der Waals surface area contributed by atoms with Crippen LogP contribution in [0.3, 0.4) is 0 Å². The van der Waals surface area contributed by atoms with Crippen molar-refractivity contribution in [2.45, 2.75) is 33.4 Å². The molecule has 5 heteroatoms. The van der Waals surface area contributed by atoms with E-state index in [1.54, 1.807) is 11.3 Å². The molecule has 0 saturated carbocycles. The Balaban J connectivity index is 1.86. The number of aromatic nitrogens is 2. The monoisotopic (exact) mass is 253 g/mol. The smallest absolute Gasteiger partial charge is 0.194 e. The van der Waals surface area contributed by atoms with Crippen molar-refractivity contribution in [3.63, 3.8) is 0 Å². The predicted octanol–water partition coefficient (Wildman–Crippen LogP) is 2.22. The lowest BCUT2D eigenvalue weighted by Gasteiger charge is -2.08. The molecule has 94 valence electrons. The van der Waals surface area contributed by atoms with Crippen LogP contribution < -0.4 is 5.32 Å². The molecule has 0 aromatic carbocycles. The van der Waals surface area contributed by atoms with Gasteiger partial charge in [0.05, 0.1) is 24.1 Å². The molecule has 1 N–H and O–H groups in total. The van der Waals surface area contributed by atoms with Crippen molar-refractivity contribution in [3.8, 4) is 0 Å². The maximum Gasteiger partial charge on any atom is 0.194 e. The van der Waals surface area contributed by atoms with E-state index in [-0.39, 0.29) is 0 Å². The zero-order valence-corrected chi connectivity index (χ0v) is 11.4. The van der Waals surface area contributed by atoms with Crippen molar-refractivity contribution in [2.75, 3.05) is 13.2 Å². The van der Waals surface area contributed by atoms with Gasteiger partial charge in [0.15, 0.2) is 4.96 Å². The molecule has 0 bridgehead atoms. The Morgan fingerprint density at radius 2 is 2.35 bits per heavy atom. The third-order valence-corrected chi connectivity index (χ3v) is 3.34. The first-order chi connectivity index (χ1) is 8.18. The molecule has 2 heterocycles. The summed E-state index contributed by atoms with van der Waals surface area (Å²) in [5.74, 6) is 0. The minimum Gasteiger partial charge on any atom is -0.377 e. The van der Waals surface area contributed by atoms with E-state index in [0.29, 0.717) is 6.10 Å². The van der Waals surface area contributed by atoms with E-state index >= 15 is 0 Å². The number of fused-ring (bicyclic) bond motifs is 1. The number of ether oxygens (including phenoxy) is 1. The highest BCUT2D eigenvalue weighted by molar-refractivity contribution is 7.15. The van der Waals surface area contributed by atoms with E-state index < -0.39 is 0 Å². The summed E-state index contributed by atoms with van der Waals surface area (Å²) in [5.41, 5.74) is 2.35. The van der Waals surface area contributed by atoms with Crippen LogP contribution in [0.1, 0.15) is 25.2 Å². The first kappa shape index (κ1) is 12.5. The molecule has 0 aliphatic rings. The summed E-state index contributed by atoms with van der Waals surface area (Å²) in [6, 6.07) is 0.